The Morgan fingerprint density at radius 1 is 1.50 bits per heavy atom. The van der Waals surface area contributed by atoms with Gasteiger partial charge in [-0.15, -0.1) is 0 Å². The standard InChI is InChI=1S/C13H15ClN4O2/c1-8-4-13(18(19)20)11(14)5-12(8)16-9(2)10-6-15-17(3)7-10/h4-7,9,16H,1-3H3. The number of rotatable bonds is 4. The van der Waals surface area contributed by atoms with E-state index in [0.29, 0.717) is 0 Å². The van der Waals surface area contributed by atoms with E-state index in [2.05, 4.69) is 10.4 Å². The third-order valence-corrected chi connectivity index (χ3v) is 3.39. The van der Waals surface area contributed by atoms with Crippen molar-refractivity contribution in [2.75, 3.05) is 5.32 Å². The molecular weight excluding hydrogens is 280 g/mol. The quantitative estimate of drug-likeness (QED) is 0.692. The third-order valence-electron chi connectivity index (χ3n) is 3.09. The Balaban J connectivity index is 2.25. The number of nitrogens with zero attached hydrogens (tertiary/aromatic N) is 3. The van der Waals surface area contributed by atoms with Crippen molar-refractivity contribution in [3.8, 4) is 0 Å². The summed E-state index contributed by atoms with van der Waals surface area (Å²) >= 11 is 5.93. The first-order valence-electron chi connectivity index (χ1n) is 6.08. The van der Waals surface area contributed by atoms with Gasteiger partial charge in [-0.3, -0.25) is 14.8 Å². The molecule has 1 N–H and O–H groups in total. The average molecular weight is 295 g/mol. The van der Waals surface area contributed by atoms with Crippen molar-refractivity contribution in [1.82, 2.24) is 9.78 Å². The summed E-state index contributed by atoms with van der Waals surface area (Å²) in [5.41, 5.74) is 2.50. The fourth-order valence-electron chi connectivity index (χ4n) is 1.94. The maximum Gasteiger partial charge on any atom is 0.288 e. The molecule has 20 heavy (non-hydrogen) atoms. The fraction of sp³-hybridized carbons (Fsp3) is 0.308. The van der Waals surface area contributed by atoms with Gasteiger partial charge < -0.3 is 5.32 Å². The van der Waals surface area contributed by atoms with E-state index < -0.39 is 4.92 Å². The van der Waals surface area contributed by atoms with E-state index in [4.69, 9.17) is 11.6 Å². The molecule has 1 heterocycles. The minimum Gasteiger partial charge on any atom is -0.378 e. The molecule has 0 aliphatic carbocycles. The highest BCUT2D eigenvalue weighted by Crippen LogP contribution is 2.32. The van der Waals surface area contributed by atoms with Gasteiger partial charge in [-0.05, 0) is 25.5 Å². The Morgan fingerprint density at radius 3 is 2.75 bits per heavy atom. The van der Waals surface area contributed by atoms with Gasteiger partial charge in [-0.2, -0.15) is 5.10 Å². The maximum atomic E-state index is 10.8. The number of benzene rings is 1. The number of aromatic nitrogens is 2. The number of nitrogens with one attached hydrogen (secondary N) is 1. The SMILES string of the molecule is Cc1cc([N+](=O)[O-])c(Cl)cc1NC(C)c1cnn(C)c1. The van der Waals surface area contributed by atoms with Gasteiger partial charge in [0, 0.05) is 30.6 Å². The van der Waals surface area contributed by atoms with E-state index in [-0.39, 0.29) is 16.8 Å². The highest BCUT2D eigenvalue weighted by atomic mass is 35.5. The van der Waals surface area contributed by atoms with E-state index in [1.165, 1.54) is 6.07 Å². The van der Waals surface area contributed by atoms with Crippen molar-refractivity contribution >= 4 is 23.0 Å². The summed E-state index contributed by atoms with van der Waals surface area (Å²) in [6.45, 7) is 3.80. The van der Waals surface area contributed by atoms with Crippen LogP contribution in [0, 0.1) is 17.0 Å². The van der Waals surface area contributed by atoms with Crippen molar-refractivity contribution < 1.29 is 4.92 Å². The average Bonchev–Trinajstić information content (AvgIpc) is 2.79. The van der Waals surface area contributed by atoms with Gasteiger partial charge in [0.05, 0.1) is 17.2 Å². The molecule has 2 aromatic rings. The van der Waals surface area contributed by atoms with Crippen molar-refractivity contribution in [3.05, 3.63) is 50.8 Å². The van der Waals surface area contributed by atoms with Crippen LogP contribution >= 0.6 is 11.6 Å². The number of anilines is 1. The zero-order valence-corrected chi connectivity index (χ0v) is 12.2. The molecule has 0 fully saturated rings. The smallest absolute Gasteiger partial charge is 0.288 e. The maximum absolute atomic E-state index is 10.8. The molecule has 7 heteroatoms. The molecule has 0 aliphatic heterocycles. The first-order valence-corrected chi connectivity index (χ1v) is 6.46. The largest absolute Gasteiger partial charge is 0.378 e. The summed E-state index contributed by atoms with van der Waals surface area (Å²) in [5, 5.41) is 18.4. The van der Waals surface area contributed by atoms with Gasteiger partial charge in [0.1, 0.15) is 5.02 Å². The number of halogens is 1. The van der Waals surface area contributed by atoms with Crippen LogP contribution in [0.3, 0.4) is 0 Å². The molecular formula is C13H15ClN4O2. The van der Waals surface area contributed by atoms with Crippen LogP contribution in [0.5, 0.6) is 0 Å². The van der Waals surface area contributed by atoms with Crippen LogP contribution in [-0.2, 0) is 7.05 Å². The molecule has 0 aliphatic rings. The number of hydrogen-bond acceptors (Lipinski definition) is 4. The monoisotopic (exact) mass is 294 g/mol. The normalized spacial score (nSPS) is 12.2. The van der Waals surface area contributed by atoms with Gasteiger partial charge >= 0.3 is 0 Å². The van der Waals surface area contributed by atoms with Gasteiger partial charge in [-0.1, -0.05) is 11.6 Å². The molecule has 0 radical (unpaired) electrons. The van der Waals surface area contributed by atoms with Gasteiger partial charge in [0.2, 0.25) is 0 Å². The lowest BCUT2D eigenvalue weighted by Crippen LogP contribution is -2.07. The Labute approximate surface area is 121 Å². The molecule has 2 rings (SSSR count). The second-order valence-electron chi connectivity index (χ2n) is 4.69. The fourth-order valence-corrected chi connectivity index (χ4v) is 2.17. The zero-order valence-electron chi connectivity index (χ0n) is 11.4. The molecule has 0 saturated carbocycles. The first kappa shape index (κ1) is 14.3. The lowest BCUT2D eigenvalue weighted by molar-refractivity contribution is -0.384. The topological polar surface area (TPSA) is 73.0 Å². The van der Waals surface area contributed by atoms with Crippen LogP contribution in [0.4, 0.5) is 11.4 Å². The Bertz CT molecular complexity index is 654. The predicted octanol–water partition coefficient (Wildman–Crippen LogP) is 3.46. The lowest BCUT2D eigenvalue weighted by Gasteiger charge is -2.16. The second-order valence-corrected chi connectivity index (χ2v) is 5.10. The molecule has 6 nitrogen and oxygen atoms in total. The highest BCUT2D eigenvalue weighted by molar-refractivity contribution is 6.33. The van der Waals surface area contributed by atoms with Crippen LogP contribution in [0.2, 0.25) is 5.02 Å². The van der Waals surface area contributed by atoms with E-state index in [1.54, 1.807) is 16.9 Å². The molecule has 106 valence electrons. The Hall–Kier alpha value is -2.08. The van der Waals surface area contributed by atoms with Crippen molar-refractivity contribution in [2.45, 2.75) is 19.9 Å². The summed E-state index contributed by atoms with van der Waals surface area (Å²) < 4.78 is 1.73. The van der Waals surface area contributed by atoms with Crippen LogP contribution in [0.1, 0.15) is 24.1 Å². The van der Waals surface area contributed by atoms with Gasteiger partial charge in [0.25, 0.3) is 5.69 Å². The molecule has 0 spiro atoms. The highest BCUT2D eigenvalue weighted by Gasteiger charge is 2.16. The second kappa shape index (κ2) is 5.50. The van der Waals surface area contributed by atoms with Gasteiger partial charge in [-0.25, -0.2) is 0 Å². The Kier molecular flexibility index (Phi) is 3.94. The molecule has 0 amide bonds. The van der Waals surface area contributed by atoms with Crippen LogP contribution < -0.4 is 5.32 Å². The van der Waals surface area contributed by atoms with Gasteiger partial charge in [0.15, 0.2) is 0 Å². The molecule has 1 unspecified atom stereocenters. The minimum atomic E-state index is -0.482. The van der Waals surface area contributed by atoms with E-state index in [0.717, 1.165) is 16.8 Å². The lowest BCUT2D eigenvalue weighted by atomic mass is 10.1. The van der Waals surface area contributed by atoms with Crippen LogP contribution in [0.15, 0.2) is 24.5 Å². The molecule has 0 saturated heterocycles. The number of aryl methyl sites for hydroxylation is 2. The Morgan fingerprint density at radius 2 is 2.20 bits per heavy atom. The minimum absolute atomic E-state index is 0.0277. The zero-order chi connectivity index (χ0) is 14.9. The van der Waals surface area contributed by atoms with E-state index in [9.17, 15) is 10.1 Å². The van der Waals surface area contributed by atoms with E-state index in [1.807, 2.05) is 27.1 Å². The summed E-state index contributed by atoms with van der Waals surface area (Å²) in [4.78, 5) is 10.3. The van der Waals surface area contributed by atoms with Crippen LogP contribution in [-0.4, -0.2) is 14.7 Å². The molecule has 0 bridgehead atoms. The number of nitro benzene ring substituents is 1. The summed E-state index contributed by atoms with van der Waals surface area (Å²) in [7, 11) is 1.85. The third kappa shape index (κ3) is 2.91. The van der Waals surface area contributed by atoms with Crippen molar-refractivity contribution in [1.29, 1.82) is 0 Å². The summed E-state index contributed by atoms with van der Waals surface area (Å²) in [5.74, 6) is 0. The summed E-state index contributed by atoms with van der Waals surface area (Å²) in [6.07, 6.45) is 3.69. The van der Waals surface area contributed by atoms with Crippen molar-refractivity contribution in [2.24, 2.45) is 7.05 Å². The number of nitro groups is 1. The van der Waals surface area contributed by atoms with Crippen LogP contribution in [0.25, 0.3) is 0 Å². The predicted molar refractivity (Wildman–Crippen MR) is 78.1 cm³/mol. The number of hydrogen-bond donors (Lipinski definition) is 1. The molecule has 1 atom stereocenters. The first-order chi connectivity index (χ1) is 9.38. The van der Waals surface area contributed by atoms with Crippen molar-refractivity contribution in [3.63, 3.8) is 0 Å². The molecule has 1 aromatic carbocycles. The van der Waals surface area contributed by atoms with E-state index >= 15 is 0 Å². The summed E-state index contributed by atoms with van der Waals surface area (Å²) in [6, 6.07) is 3.09. The molecule has 1 aromatic heterocycles.